The number of nitrogens with two attached hydrogens (primary N) is 1. The van der Waals surface area contributed by atoms with Crippen LogP contribution in [0.5, 0.6) is 0 Å². The molecule has 0 spiro atoms. The monoisotopic (exact) mass is 288 g/mol. The van der Waals surface area contributed by atoms with Crippen molar-refractivity contribution in [3.8, 4) is 0 Å². The zero-order valence-electron chi connectivity index (χ0n) is 12.4. The molecule has 1 rings (SSSR count). The highest BCUT2D eigenvalue weighted by Gasteiger charge is 2.35. The van der Waals surface area contributed by atoms with E-state index < -0.39 is 0 Å². The van der Waals surface area contributed by atoms with E-state index in [1.807, 2.05) is 4.68 Å². The van der Waals surface area contributed by atoms with E-state index in [2.05, 4.69) is 38.2 Å². The number of methoxy groups -OCH3 is 1. The van der Waals surface area contributed by atoms with Gasteiger partial charge < -0.3 is 4.74 Å². The van der Waals surface area contributed by atoms with Crippen molar-refractivity contribution in [2.45, 2.75) is 52.8 Å². The molecule has 0 aliphatic heterocycles. The highest BCUT2D eigenvalue weighted by molar-refractivity contribution is 6.31. The van der Waals surface area contributed by atoms with Gasteiger partial charge in [-0.25, -0.2) is 5.43 Å². The maximum absolute atomic E-state index is 6.27. The average molecular weight is 289 g/mol. The fourth-order valence-corrected chi connectivity index (χ4v) is 2.63. The number of aromatic nitrogens is 2. The van der Waals surface area contributed by atoms with E-state index in [9.17, 15) is 0 Å². The van der Waals surface area contributed by atoms with E-state index in [0.717, 1.165) is 18.7 Å². The Kier molecular flexibility index (Phi) is 5.80. The first-order valence-electron chi connectivity index (χ1n) is 6.56. The second kappa shape index (κ2) is 6.70. The second-order valence-electron chi connectivity index (χ2n) is 5.77. The number of hydrogen-bond acceptors (Lipinski definition) is 4. The molecule has 19 heavy (non-hydrogen) atoms. The highest BCUT2D eigenvalue weighted by atomic mass is 35.5. The Morgan fingerprint density at radius 3 is 2.58 bits per heavy atom. The number of hydrogen-bond donors (Lipinski definition) is 2. The summed E-state index contributed by atoms with van der Waals surface area (Å²) in [6, 6.07) is -0.202. The summed E-state index contributed by atoms with van der Waals surface area (Å²) in [6.07, 6.45) is 2.53. The van der Waals surface area contributed by atoms with Gasteiger partial charge in [0, 0.05) is 13.7 Å². The third-order valence-corrected chi connectivity index (χ3v) is 3.44. The van der Waals surface area contributed by atoms with Crippen molar-refractivity contribution in [3.05, 3.63) is 16.9 Å². The van der Waals surface area contributed by atoms with Crippen molar-refractivity contribution < 1.29 is 4.74 Å². The maximum Gasteiger partial charge on any atom is 0.0910 e. The highest BCUT2D eigenvalue weighted by Crippen LogP contribution is 2.34. The summed E-state index contributed by atoms with van der Waals surface area (Å²) < 4.78 is 7.53. The van der Waals surface area contributed by atoms with E-state index in [4.69, 9.17) is 22.2 Å². The van der Waals surface area contributed by atoms with Crippen molar-refractivity contribution in [1.29, 1.82) is 0 Å². The third kappa shape index (κ3) is 3.69. The first kappa shape index (κ1) is 16.4. The summed E-state index contributed by atoms with van der Waals surface area (Å²) in [4.78, 5) is 0. The average Bonchev–Trinajstić information content (AvgIpc) is 2.66. The molecule has 0 radical (unpaired) electrons. The van der Waals surface area contributed by atoms with Gasteiger partial charge in [0.2, 0.25) is 0 Å². The van der Waals surface area contributed by atoms with Gasteiger partial charge in [-0.05, 0) is 11.8 Å². The van der Waals surface area contributed by atoms with Crippen molar-refractivity contribution >= 4 is 11.6 Å². The van der Waals surface area contributed by atoms with Gasteiger partial charge in [-0.15, -0.1) is 0 Å². The molecule has 0 saturated carbocycles. The van der Waals surface area contributed by atoms with E-state index in [1.165, 1.54) is 0 Å². The maximum atomic E-state index is 6.27. The summed E-state index contributed by atoms with van der Waals surface area (Å²) >= 11 is 6.27. The lowest BCUT2D eigenvalue weighted by Crippen LogP contribution is -2.45. The molecule has 1 aromatic heterocycles. The van der Waals surface area contributed by atoms with Crippen LogP contribution in [0.15, 0.2) is 6.20 Å². The first-order chi connectivity index (χ1) is 8.86. The molecule has 2 atom stereocenters. The molecule has 5 nitrogen and oxygen atoms in total. The molecule has 6 heteroatoms. The molecule has 1 heterocycles. The van der Waals surface area contributed by atoms with Crippen LogP contribution >= 0.6 is 11.6 Å². The van der Waals surface area contributed by atoms with Crippen molar-refractivity contribution in [3.63, 3.8) is 0 Å². The number of nitrogens with zero attached hydrogens (tertiary/aromatic N) is 2. The smallest absolute Gasteiger partial charge is 0.0910 e. The lowest BCUT2D eigenvalue weighted by molar-refractivity contribution is -0.0141. The Hall–Kier alpha value is -0.620. The summed E-state index contributed by atoms with van der Waals surface area (Å²) in [7, 11) is 1.69. The van der Waals surface area contributed by atoms with E-state index in [0.29, 0.717) is 5.02 Å². The van der Waals surface area contributed by atoms with Gasteiger partial charge in [0.05, 0.1) is 29.1 Å². The Morgan fingerprint density at radius 1 is 1.53 bits per heavy atom. The molecule has 0 amide bonds. The summed E-state index contributed by atoms with van der Waals surface area (Å²) in [5.41, 5.74) is 3.64. The number of halogens is 1. The topological polar surface area (TPSA) is 65.1 Å². The van der Waals surface area contributed by atoms with E-state index >= 15 is 0 Å². The lowest BCUT2D eigenvalue weighted by Gasteiger charge is -2.36. The Labute approximate surface area is 120 Å². The van der Waals surface area contributed by atoms with Crippen molar-refractivity contribution in [1.82, 2.24) is 15.2 Å². The molecule has 1 aromatic rings. The molecule has 110 valence electrons. The van der Waals surface area contributed by atoms with Crippen LogP contribution in [0, 0.1) is 5.41 Å². The zero-order valence-corrected chi connectivity index (χ0v) is 13.2. The number of ether oxygens (including phenoxy) is 1. The Bertz CT molecular complexity index is 400. The Morgan fingerprint density at radius 2 is 2.16 bits per heavy atom. The number of aryl methyl sites for hydroxylation is 1. The van der Waals surface area contributed by atoms with Gasteiger partial charge >= 0.3 is 0 Å². The summed E-state index contributed by atoms with van der Waals surface area (Å²) in [5, 5.41) is 4.92. The quantitative estimate of drug-likeness (QED) is 0.623. The minimum absolute atomic E-state index is 0.0730. The van der Waals surface area contributed by atoms with Crippen LogP contribution in [0.1, 0.15) is 45.9 Å². The minimum atomic E-state index is -0.202. The molecule has 0 aromatic carbocycles. The number of hydrazine groups is 1. The van der Waals surface area contributed by atoms with E-state index in [1.54, 1.807) is 13.3 Å². The predicted octanol–water partition coefficient (Wildman–Crippen LogP) is 2.51. The lowest BCUT2D eigenvalue weighted by atomic mass is 9.83. The van der Waals surface area contributed by atoms with Gasteiger partial charge in [0.15, 0.2) is 0 Å². The fraction of sp³-hybridized carbons (Fsp3) is 0.769. The Balaban J connectivity index is 3.18. The van der Waals surface area contributed by atoms with Crippen LogP contribution < -0.4 is 11.3 Å². The van der Waals surface area contributed by atoms with Crippen LogP contribution in [0.3, 0.4) is 0 Å². The number of rotatable bonds is 6. The summed E-state index contributed by atoms with van der Waals surface area (Å²) in [6.45, 7) is 9.24. The van der Waals surface area contributed by atoms with Gasteiger partial charge in [-0.2, -0.15) is 5.10 Å². The fourth-order valence-electron chi connectivity index (χ4n) is 2.37. The molecule has 2 unspecified atom stereocenters. The second-order valence-corrected chi connectivity index (χ2v) is 6.17. The molecular weight excluding hydrogens is 264 g/mol. The summed E-state index contributed by atoms with van der Waals surface area (Å²) in [5.74, 6) is 5.74. The van der Waals surface area contributed by atoms with Crippen LogP contribution in [-0.2, 0) is 11.3 Å². The van der Waals surface area contributed by atoms with Crippen LogP contribution in [-0.4, -0.2) is 23.0 Å². The molecule has 0 saturated heterocycles. The molecule has 0 bridgehead atoms. The van der Waals surface area contributed by atoms with Gasteiger partial charge in [0.1, 0.15) is 0 Å². The first-order valence-corrected chi connectivity index (χ1v) is 6.94. The molecule has 3 N–H and O–H groups in total. The van der Waals surface area contributed by atoms with Crippen LogP contribution in [0.4, 0.5) is 0 Å². The van der Waals surface area contributed by atoms with Crippen molar-refractivity contribution in [2.24, 2.45) is 11.3 Å². The SMILES string of the molecule is CCCn1ncc(Cl)c1C(NN)C(OC)C(C)(C)C. The van der Waals surface area contributed by atoms with E-state index in [-0.39, 0.29) is 17.6 Å². The molecule has 0 aliphatic rings. The van der Waals surface area contributed by atoms with Gasteiger partial charge in [-0.1, -0.05) is 39.3 Å². The number of nitrogens with one attached hydrogen (secondary N) is 1. The standard InChI is InChI=1S/C13H25ClN4O/c1-6-7-18-11(9(14)8-16-18)10(17-15)12(19-5)13(2,3)4/h8,10,12,17H,6-7,15H2,1-5H3. The largest absolute Gasteiger partial charge is 0.379 e. The van der Waals surface area contributed by atoms with Crippen LogP contribution in [0.25, 0.3) is 0 Å². The van der Waals surface area contributed by atoms with Gasteiger partial charge in [0.25, 0.3) is 0 Å². The van der Waals surface area contributed by atoms with Gasteiger partial charge in [-0.3, -0.25) is 10.5 Å². The van der Waals surface area contributed by atoms with Crippen molar-refractivity contribution in [2.75, 3.05) is 7.11 Å². The molecular formula is C13H25ClN4O. The molecule has 0 aliphatic carbocycles. The molecule has 0 fully saturated rings. The zero-order chi connectivity index (χ0) is 14.6. The van der Waals surface area contributed by atoms with Crippen LogP contribution in [0.2, 0.25) is 5.02 Å². The minimum Gasteiger partial charge on any atom is -0.379 e. The predicted molar refractivity (Wildman–Crippen MR) is 77.8 cm³/mol. The normalized spacial score (nSPS) is 15.5. The third-order valence-electron chi connectivity index (χ3n) is 3.15.